The lowest BCUT2D eigenvalue weighted by Crippen LogP contribution is -2.22. The molecule has 0 unspecified atom stereocenters. The van der Waals surface area contributed by atoms with Gasteiger partial charge in [0, 0.05) is 11.3 Å². The van der Waals surface area contributed by atoms with Crippen molar-refractivity contribution in [2.45, 2.75) is 25.8 Å². The van der Waals surface area contributed by atoms with Crippen LogP contribution in [0.1, 0.15) is 28.5 Å². The Morgan fingerprint density at radius 2 is 2.04 bits per heavy atom. The maximum Gasteiger partial charge on any atom is 0.325 e. The van der Waals surface area contributed by atoms with Gasteiger partial charge in [0.2, 0.25) is 0 Å². The van der Waals surface area contributed by atoms with E-state index in [-0.39, 0.29) is 19.0 Å². The SMILES string of the molecule is CCSCc1ccc(C(=O)NCc2cn(CC(=O)O)nn2)cc1. The Morgan fingerprint density at radius 3 is 2.70 bits per heavy atom. The van der Waals surface area contributed by atoms with Gasteiger partial charge in [0.25, 0.3) is 5.91 Å². The summed E-state index contributed by atoms with van der Waals surface area (Å²) < 4.78 is 1.21. The van der Waals surface area contributed by atoms with E-state index in [1.54, 1.807) is 12.1 Å². The topological polar surface area (TPSA) is 97.1 Å². The van der Waals surface area contributed by atoms with E-state index >= 15 is 0 Å². The van der Waals surface area contributed by atoms with Crippen molar-refractivity contribution in [3.05, 3.63) is 47.3 Å². The maximum absolute atomic E-state index is 12.1. The van der Waals surface area contributed by atoms with Gasteiger partial charge in [0.15, 0.2) is 0 Å². The van der Waals surface area contributed by atoms with Crippen LogP contribution in [0.2, 0.25) is 0 Å². The van der Waals surface area contributed by atoms with Crippen LogP contribution in [-0.4, -0.2) is 37.7 Å². The molecule has 0 radical (unpaired) electrons. The van der Waals surface area contributed by atoms with Gasteiger partial charge < -0.3 is 10.4 Å². The van der Waals surface area contributed by atoms with E-state index in [9.17, 15) is 9.59 Å². The van der Waals surface area contributed by atoms with E-state index in [1.807, 2.05) is 23.9 Å². The third kappa shape index (κ3) is 5.41. The van der Waals surface area contributed by atoms with Gasteiger partial charge in [-0.2, -0.15) is 11.8 Å². The molecule has 0 saturated heterocycles. The van der Waals surface area contributed by atoms with E-state index < -0.39 is 5.97 Å². The predicted molar refractivity (Wildman–Crippen MR) is 87.1 cm³/mol. The minimum Gasteiger partial charge on any atom is -0.480 e. The molecular formula is C15H18N4O3S. The molecule has 1 aromatic heterocycles. The van der Waals surface area contributed by atoms with Crippen molar-refractivity contribution in [1.82, 2.24) is 20.3 Å². The summed E-state index contributed by atoms with van der Waals surface area (Å²) in [7, 11) is 0. The van der Waals surface area contributed by atoms with Gasteiger partial charge in [-0.15, -0.1) is 5.10 Å². The third-order valence-corrected chi connectivity index (χ3v) is 3.95. The normalized spacial score (nSPS) is 10.5. The fourth-order valence-electron chi connectivity index (χ4n) is 1.88. The lowest BCUT2D eigenvalue weighted by Gasteiger charge is -2.04. The minimum atomic E-state index is -0.994. The number of nitrogens with zero attached hydrogens (tertiary/aromatic N) is 3. The third-order valence-electron chi connectivity index (χ3n) is 3.00. The van der Waals surface area contributed by atoms with Gasteiger partial charge in [-0.25, -0.2) is 4.68 Å². The number of thioether (sulfide) groups is 1. The number of amides is 1. The number of carbonyl (C=O) groups excluding carboxylic acids is 1. The van der Waals surface area contributed by atoms with Crippen molar-refractivity contribution in [2.24, 2.45) is 0 Å². The zero-order valence-electron chi connectivity index (χ0n) is 12.7. The van der Waals surface area contributed by atoms with Crippen LogP contribution in [-0.2, 0) is 23.6 Å². The Morgan fingerprint density at radius 1 is 1.30 bits per heavy atom. The highest BCUT2D eigenvalue weighted by molar-refractivity contribution is 7.98. The average Bonchev–Trinajstić information content (AvgIpc) is 2.97. The van der Waals surface area contributed by atoms with Crippen LogP contribution in [0.15, 0.2) is 30.5 Å². The van der Waals surface area contributed by atoms with Gasteiger partial charge in [0.1, 0.15) is 12.2 Å². The van der Waals surface area contributed by atoms with Crippen molar-refractivity contribution in [2.75, 3.05) is 5.75 Å². The molecule has 1 amide bonds. The van der Waals surface area contributed by atoms with Gasteiger partial charge in [0.05, 0.1) is 12.7 Å². The lowest BCUT2D eigenvalue weighted by molar-refractivity contribution is -0.137. The van der Waals surface area contributed by atoms with Gasteiger partial charge in [-0.05, 0) is 23.4 Å². The van der Waals surface area contributed by atoms with Crippen LogP contribution in [0.4, 0.5) is 0 Å². The Balaban J connectivity index is 1.86. The number of aliphatic carboxylic acids is 1. The molecule has 2 rings (SSSR count). The Kier molecular flexibility index (Phi) is 6.16. The molecule has 0 spiro atoms. The second-order valence-corrected chi connectivity index (χ2v) is 6.09. The molecule has 0 fully saturated rings. The van der Waals surface area contributed by atoms with E-state index in [2.05, 4.69) is 22.6 Å². The number of aromatic nitrogens is 3. The van der Waals surface area contributed by atoms with E-state index in [0.717, 1.165) is 11.5 Å². The van der Waals surface area contributed by atoms with Gasteiger partial charge in [-0.3, -0.25) is 9.59 Å². The lowest BCUT2D eigenvalue weighted by atomic mass is 10.1. The molecule has 0 bridgehead atoms. The van der Waals surface area contributed by atoms with Crippen molar-refractivity contribution in [3.8, 4) is 0 Å². The summed E-state index contributed by atoms with van der Waals surface area (Å²) in [6, 6.07) is 7.48. The molecule has 2 N–H and O–H groups in total. The molecule has 1 heterocycles. The zero-order chi connectivity index (χ0) is 16.7. The Bertz CT molecular complexity index is 670. The summed E-state index contributed by atoms with van der Waals surface area (Å²) in [6.45, 7) is 2.06. The Labute approximate surface area is 138 Å². The molecule has 0 aliphatic rings. The highest BCUT2D eigenvalue weighted by Crippen LogP contribution is 2.12. The average molecular weight is 334 g/mol. The first-order chi connectivity index (χ1) is 11.1. The molecule has 23 heavy (non-hydrogen) atoms. The summed E-state index contributed by atoms with van der Waals surface area (Å²) >= 11 is 1.83. The predicted octanol–water partition coefficient (Wildman–Crippen LogP) is 1.55. The van der Waals surface area contributed by atoms with Crippen molar-refractivity contribution in [1.29, 1.82) is 0 Å². The monoisotopic (exact) mass is 334 g/mol. The van der Waals surface area contributed by atoms with Crippen LogP contribution in [0.25, 0.3) is 0 Å². The second-order valence-electron chi connectivity index (χ2n) is 4.82. The highest BCUT2D eigenvalue weighted by atomic mass is 32.2. The van der Waals surface area contributed by atoms with Crippen LogP contribution in [0.5, 0.6) is 0 Å². The molecule has 0 aliphatic heterocycles. The first-order valence-corrected chi connectivity index (χ1v) is 8.29. The summed E-state index contributed by atoms with van der Waals surface area (Å²) in [5.74, 6) is 0.801. The van der Waals surface area contributed by atoms with Crippen LogP contribution in [0, 0.1) is 0 Å². The number of benzene rings is 1. The van der Waals surface area contributed by atoms with Crippen molar-refractivity contribution in [3.63, 3.8) is 0 Å². The minimum absolute atomic E-state index is 0.200. The summed E-state index contributed by atoms with van der Waals surface area (Å²) in [5, 5.41) is 18.9. The largest absolute Gasteiger partial charge is 0.480 e. The molecule has 0 atom stereocenters. The molecule has 7 nitrogen and oxygen atoms in total. The fraction of sp³-hybridized carbons (Fsp3) is 0.333. The van der Waals surface area contributed by atoms with Crippen LogP contribution in [0.3, 0.4) is 0 Å². The van der Waals surface area contributed by atoms with E-state index in [0.29, 0.717) is 11.3 Å². The quantitative estimate of drug-likeness (QED) is 0.760. The number of carboxylic acids is 1. The van der Waals surface area contributed by atoms with Crippen LogP contribution < -0.4 is 5.32 Å². The molecule has 1 aromatic carbocycles. The molecule has 0 saturated carbocycles. The number of hydrogen-bond acceptors (Lipinski definition) is 5. The second kappa shape index (κ2) is 8.33. The molecule has 8 heteroatoms. The van der Waals surface area contributed by atoms with E-state index in [1.165, 1.54) is 16.4 Å². The summed E-state index contributed by atoms with van der Waals surface area (Å²) in [6.07, 6.45) is 1.50. The molecule has 2 aromatic rings. The first kappa shape index (κ1) is 17.0. The maximum atomic E-state index is 12.1. The van der Waals surface area contributed by atoms with E-state index in [4.69, 9.17) is 5.11 Å². The van der Waals surface area contributed by atoms with Crippen molar-refractivity contribution >= 4 is 23.6 Å². The number of carboxylic acid groups (broad SMARTS) is 1. The van der Waals surface area contributed by atoms with Crippen LogP contribution >= 0.6 is 11.8 Å². The fourth-order valence-corrected chi connectivity index (χ4v) is 2.51. The summed E-state index contributed by atoms with van der Waals surface area (Å²) in [4.78, 5) is 22.6. The zero-order valence-corrected chi connectivity index (χ0v) is 13.5. The highest BCUT2D eigenvalue weighted by Gasteiger charge is 2.08. The first-order valence-electron chi connectivity index (χ1n) is 7.14. The molecule has 122 valence electrons. The molecular weight excluding hydrogens is 316 g/mol. The smallest absolute Gasteiger partial charge is 0.325 e. The number of hydrogen-bond donors (Lipinski definition) is 2. The standard InChI is InChI=1S/C15H18N4O3S/c1-2-23-10-11-3-5-12(6-4-11)15(22)16-7-13-8-19(18-17-13)9-14(20)21/h3-6,8H,2,7,9-10H2,1H3,(H,16,22)(H,20,21). The number of nitrogens with one attached hydrogen (secondary N) is 1. The van der Waals surface area contributed by atoms with Crippen molar-refractivity contribution < 1.29 is 14.7 Å². The number of carbonyl (C=O) groups is 2. The molecule has 0 aliphatic carbocycles. The van der Waals surface area contributed by atoms with Gasteiger partial charge in [-0.1, -0.05) is 24.3 Å². The summed E-state index contributed by atoms with van der Waals surface area (Å²) in [5.41, 5.74) is 2.27. The number of rotatable bonds is 8. The van der Waals surface area contributed by atoms with Gasteiger partial charge >= 0.3 is 5.97 Å². The Hall–Kier alpha value is -2.35.